The van der Waals surface area contributed by atoms with Crippen LogP contribution in [0.25, 0.3) is 0 Å². The van der Waals surface area contributed by atoms with Gasteiger partial charge in [0.25, 0.3) is 0 Å². The quantitative estimate of drug-likeness (QED) is 0.523. The van der Waals surface area contributed by atoms with Crippen molar-refractivity contribution >= 4 is 0 Å². The van der Waals surface area contributed by atoms with Crippen molar-refractivity contribution in [1.29, 1.82) is 0 Å². The lowest BCUT2D eigenvalue weighted by atomic mass is 9.55. The molecule has 0 spiro atoms. The normalized spacial score (nSPS) is 47.0. The molecule has 3 rings (SSSR count). The van der Waals surface area contributed by atoms with Gasteiger partial charge in [-0.25, -0.2) is 0 Å². The highest BCUT2D eigenvalue weighted by molar-refractivity contribution is 5.17. The minimum absolute atomic E-state index is 0.00861. The van der Waals surface area contributed by atoms with Crippen molar-refractivity contribution in [1.82, 2.24) is 0 Å². The largest absolute Gasteiger partial charge is 0.474 e. The van der Waals surface area contributed by atoms with E-state index in [9.17, 15) is 5.11 Å². The molecule has 3 aliphatic rings. The third kappa shape index (κ3) is 3.28. The zero-order chi connectivity index (χ0) is 19.3. The molecule has 4 nitrogen and oxygen atoms in total. The summed E-state index contributed by atoms with van der Waals surface area (Å²) >= 11 is 0. The molecule has 0 bridgehead atoms. The van der Waals surface area contributed by atoms with Crippen molar-refractivity contribution in [2.75, 3.05) is 0 Å². The Hall–Kier alpha value is -0.420. The van der Waals surface area contributed by atoms with E-state index in [0.29, 0.717) is 17.8 Å². The third-order valence-corrected chi connectivity index (χ3v) is 8.03. The zero-order valence-electron chi connectivity index (χ0n) is 17.3. The van der Waals surface area contributed by atoms with E-state index in [0.717, 1.165) is 38.5 Å². The number of nitrogens with two attached hydrogens (primary N) is 2. The Morgan fingerprint density at radius 2 is 1.88 bits per heavy atom. The van der Waals surface area contributed by atoms with E-state index >= 15 is 0 Å². The van der Waals surface area contributed by atoms with Crippen LogP contribution in [0.2, 0.25) is 0 Å². The molecule has 150 valence electrons. The lowest BCUT2D eigenvalue weighted by molar-refractivity contribution is -0.678. The van der Waals surface area contributed by atoms with Crippen molar-refractivity contribution in [2.24, 2.45) is 17.8 Å². The minimum Gasteiger partial charge on any atom is -0.474 e. The second kappa shape index (κ2) is 6.88. The summed E-state index contributed by atoms with van der Waals surface area (Å²) < 4.78 is 6.77. The summed E-state index contributed by atoms with van der Waals surface area (Å²) in [5.41, 5.74) is 0.556. The van der Waals surface area contributed by atoms with Crippen molar-refractivity contribution in [3.63, 3.8) is 0 Å². The minimum atomic E-state index is -0.673. The average molecular weight is 365 g/mol. The first-order valence-electron chi connectivity index (χ1n) is 10.4. The molecule has 0 aromatic heterocycles. The Morgan fingerprint density at radius 1 is 1.19 bits per heavy atom. The van der Waals surface area contributed by atoms with Crippen LogP contribution in [0.4, 0.5) is 0 Å². The topological polar surface area (TPSA) is 62.7 Å². The van der Waals surface area contributed by atoms with Gasteiger partial charge in [-0.15, -0.1) is 0 Å². The maximum atomic E-state index is 11.1. The Kier molecular flexibility index (Phi) is 5.37. The van der Waals surface area contributed by atoms with E-state index in [1.54, 1.807) is 0 Å². The molecular weight excluding hydrogens is 324 g/mol. The molecule has 0 amide bonds. The first-order valence-corrected chi connectivity index (χ1v) is 10.4. The molecule has 2 aliphatic carbocycles. The zero-order valence-corrected chi connectivity index (χ0v) is 17.3. The van der Waals surface area contributed by atoms with E-state index in [1.807, 2.05) is 17.6 Å². The van der Waals surface area contributed by atoms with Gasteiger partial charge < -0.3 is 20.5 Å². The number of hydrogen-bond donors (Lipinski definition) is 3. The van der Waals surface area contributed by atoms with Gasteiger partial charge in [-0.05, 0) is 78.1 Å². The molecule has 7 unspecified atom stereocenters. The molecule has 1 saturated heterocycles. The molecule has 1 aliphatic heterocycles. The van der Waals surface area contributed by atoms with Crippen LogP contribution >= 0.6 is 0 Å². The highest BCUT2D eigenvalue weighted by atomic mass is 16.5. The van der Waals surface area contributed by atoms with Crippen LogP contribution < -0.4 is 10.6 Å². The molecule has 4 heteroatoms. The predicted octanol–water partition coefficient (Wildman–Crippen LogP) is 1.52. The Labute approximate surface area is 160 Å². The number of ether oxygens (including phenoxy) is 1. The van der Waals surface area contributed by atoms with Gasteiger partial charge >= 0.3 is 0 Å². The number of quaternary nitrogens is 2. The summed E-state index contributed by atoms with van der Waals surface area (Å²) in [7, 11) is 8.12. The van der Waals surface area contributed by atoms with Gasteiger partial charge in [-0.1, -0.05) is 12.2 Å². The molecule has 26 heavy (non-hydrogen) atoms. The van der Waals surface area contributed by atoms with E-state index < -0.39 is 5.60 Å². The van der Waals surface area contributed by atoms with E-state index in [2.05, 4.69) is 41.4 Å². The lowest BCUT2D eigenvalue weighted by Gasteiger charge is -2.55. The Bertz CT molecular complexity index is 544. The molecule has 2 saturated carbocycles. The Morgan fingerprint density at radius 3 is 2.50 bits per heavy atom. The van der Waals surface area contributed by atoms with E-state index in [-0.39, 0.29) is 23.3 Å². The first-order chi connectivity index (χ1) is 12.1. The summed E-state index contributed by atoms with van der Waals surface area (Å²) in [5.74, 6) is 1.32. The molecule has 3 fully saturated rings. The van der Waals surface area contributed by atoms with Crippen molar-refractivity contribution < 1.29 is 20.5 Å². The van der Waals surface area contributed by atoms with Crippen LogP contribution in [0.15, 0.2) is 12.2 Å². The van der Waals surface area contributed by atoms with Crippen molar-refractivity contribution in [3.05, 3.63) is 26.2 Å². The van der Waals surface area contributed by atoms with Gasteiger partial charge in [-0.2, -0.15) is 14.1 Å². The number of fused-ring (bicyclic) bond motifs is 1. The molecule has 1 heterocycles. The number of rotatable bonds is 4. The third-order valence-electron chi connectivity index (χ3n) is 8.03. The molecular formula is C22H40N2O2. The fourth-order valence-corrected chi connectivity index (χ4v) is 6.11. The van der Waals surface area contributed by atoms with Crippen LogP contribution in [0.3, 0.4) is 0 Å². The summed E-state index contributed by atoms with van der Waals surface area (Å²) in [5, 5.41) is 15.1. The molecule has 0 aromatic rings. The highest BCUT2D eigenvalue weighted by Crippen LogP contribution is 2.54. The van der Waals surface area contributed by atoms with Gasteiger partial charge in [0.1, 0.15) is 11.7 Å². The molecule has 0 radical (unpaired) electrons. The summed E-state index contributed by atoms with van der Waals surface area (Å²) in [6.07, 6.45) is 6.46. The number of allylic oxidation sites excluding steroid dienone is 1. The lowest BCUT2D eigenvalue weighted by Crippen LogP contribution is -2.93. The van der Waals surface area contributed by atoms with Crippen LogP contribution in [0, 0.1) is 31.8 Å². The highest BCUT2D eigenvalue weighted by Gasteiger charge is 2.58. The molecule has 5 N–H and O–H groups in total. The van der Waals surface area contributed by atoms with Gasteiger partial charge in [0.05, 0.1) is 17.2 Å². The van der Waals surface area contributed by atoms with Crippen molar-refractivity contribution in [2.45, 2.75) is 95.1 Å². The summed E-state index contributed by atoms with van der Waals surface area (Å²) in [6, 6.07) is 0.107. The van der Waals surface area contributed by atoms with Crippen molar-refractivity contribution in [3.8, 4) is 0 Å². The van der Waals surface area contributed by atoms with Gasteiger partial charge in [0, 0.05) is 5.92 Å². The van der Waals surface area contributed by atoms with E-state index in [4.69, 9.17) is 4.74 Å². The monoisotopic (exact) mass is 364 g/mol. The summed E-state index contributed by atoms with van der Waals surface area (Å²) in [6.45, 7) is 13.1. The van der Waals surface area contributed by atoms with Gasteiger partial charge in [0.15, 0.2) is 0 Å². The predicted molar refractivity (Wildman–Crippen MR) is 104 cm³/mol. The fraction of sp³-hybridized carbons (Fsp3) is 0.818. The average Bonchev–Trinajstić information content (AvgIpc) is 2.98. The van der Waals surface area contributed by atoms with Crippen LogP contribution in [0.5, 0.6) is 0 Å². The number of aliphatic hydroxyl groups is 1. The van der Waals surface area contributed by atoms with E-state index in [1.165, 1.54) is 5.57 Å². The standard InChI is InChI=1S/C22H40N2O2/c1-14-8-9-16(18-15(14)10-12-21(4,25)19(18)23-6)22(5)13-11-17(26-22)20(2,3)24-7/h15-19,25H,1,6-13,23-24H2,2-5H3. The smallest absolute Gasteiger partial charge is 0.111 e. The maximum absolute atomic E-state index is 11.1. The number of hydrogen-bond acceptors (Lipinski definition) is 2. The van der Waals surface area contributed by atoms with Crippen LogP contribution in [-0.2, 0) is 4.74 Å². The van der Waals surface area contributed by atoms with Crippen LogP contribution in [0.1, 0.15) is 66.2 Å². The molecule has 7 atom stereocenters. The summed E-state index contributed by atoms with van der Waals surface area (Å²) in [4.78, 5) is 0. The van der Waals surface area contributed by atoms with Gasteiger partial charge in [0.2, 0.25) is 0 Å². The van der Waals surface area contributed by atoms with Crippen LogP contribution in [-0.4, -0.2) is 34.0 Å². The SMILES string of the molecule is C=C1CCC(C2(C)CCC(C(C)(C)[NH2+][CH2-])O2)C2C1CCC(C)(O)C2[NH2+][CH2-]. The maximum Gasteiger partial charge on any atom is 0.111 e. The second-order valence-electron chi connectivity index (χ2n) is 10.1. The Balaban J connectivity index is 1.90. The molecule has 0 aromatic carbocycles. The first kappa shape index (κ1) is 20.3. The van der Waals surface area contributed by atoms with Gasteiger partial charge in [-0.3, -0.25) is 0 Å². The second-order valence-corrected chi connectivity index (χ2v) is 10.1. The fourth-order valence-electron chi connectivity index (χ4n) is 6.11.